The molecule has 0 unspecified atom stereocenters. The second-order valence-electron chi connectivity index (χ2n) is 11.5. The normalized spacial score (nSPS) is 17.0. The summed E-state index contributed by atoms with van der Waals surface area (Å²) < 4.78 is 41.0. The van der Waals surface area contributed by atoms with E-state index in [2.05, 4.69) is 32.2 Å². The third-order valence-corrected chi connectivity index (χ3v) is 10.4. The molecule has 0 radical (unpaired) electrons. The molecule has 5 aromatic rings. The van der Waals surface area contributed by atoms with Crippen molar-refractivity contribution in [2.75, 3.05) is 26.3 Å². The topological polar surface area (TPSA) is 139 Å². The smallest absolute Gasteiger partial charge is 0.231 e. The molecule has 0 amide bonds. The molecule has 1 N–H and O–H groups in total. The first-order chi connectivity index (χ1) is 22.0. The Morgan fingerprint density at radius 1 is 0.978 bits per heavy atom. The van der Waals surface area contributed by atoms with Crippen molar-refractivity contribution in [2.45, 2.75) is 43.6 Å². The molecule has 0 atom stereocenters. The van der Waals surface area contributed by atoms with Gasteiger partial charge in [0, 0.05) is 78.4 Å². The van der Waals surface area contributed by atoms with Crippen LogP contribution in [-0.4, -0.2) is 69.9 Å². The summed E-state index contributed by atoms with van der Waals surface area (Å²) >= 11 is 0. The van der Waals surface area contributed by atoms with Crippen LogP contribution >= 0.6 is 0 Å². The average molecular weight is 624 g/mol. The second kappa shape index (κ2) is 12.4. The van der Waals surface area contributed by atoms with E-state index in [0.29, 0.717) is 50.6 Å². The number of nitrogens with one attached hydrogen (secondary N) is 1. The number of benzene rings is 1. The predicted molar refractivity (Wildman–Crippen MR) is 169 cm³/mol. The molecule has 11 nitrogen and oxygen atoms in total. The number of hydrogen-bond donors (Lipinski definition) is 1. The number of sulfonamides is 1. The van der Waals surface area contributed by atoms with E-state index in [1.165, 1.54) is 0 Å². The highest BCUT2D eigenvalue weighted by molar-refractivity contribution is 7.88. The first kappa shape index (κ1) is 29.2. The average Bonchev–Trinajstić information content (AvgIpc) is 3.74. The lowest BCUT2D eigenvalue weighted by molar-refractivity contribution is 0.0236. The third kappa shape index (κ3) is 6.20. The summed E-state index contributed by atoms with van der Waals surface area (Å²) in [5, 5.41) is 15.4. The number of piperidine rings is 1. The minimum absolute atomic E-state index is 0.00909. The molecule has 2 fully saturated rings. The highest BCUT2D eigenvalue weighted by Crippen LogP contribution is 2.34. The molecule has 45 heavy (non-hydrogen) atoms. The fourth-order valence-electron chi connectivity index (χ4n) is 6.07. The molecule has 2 aliphatic heterocycles. The lowest BCUT2D eigenvalue weighted by Crippen LogP contribution is -2.39. The molecule has 6 heterocycles. The third-order valence-electron chi connectivity index (χ3n) is 8.58. The zero-order valence-electron chi connectivity index (χ0n) is 24.7. The highest BCUT2D eigenvalue weighted by Gasteiger charge is 2.29. The van der Waals surface area contributed by atoms with Gasteiger partial charge < -0.3 is 14.5 Å². The van der Waals surface area contributed by atoms with E-state index in [1.54, 1.807) is 16.6 Å². The Morgan fingerprint density at radius 2 is 1.76 bits per heavy atom. The van der Waals surface area contributed by atoms with E-state index in [0.717, 1.165) is 51.7 Å². The van der Waals surface area contributed by atoms with Crippen molar-refractivity contribution in [3.63, 3.8) is 0 Å². The fourth-order valence-corrected chi connectivity index (χ4v) is 7.64. The van der Waals surface area contributed by atoms with Crippen LogP contribution in [0.15, 0.2) is 73.4 Å². The van der Waals surface area contributed by atoms with Crippen molar-refractivity contribution in [1.29, 1.82) is 5.26 Å². The predicted octanol–water partition coefficient (Wildman–Crippen LogP) is 5.08. The van der Waals surface area contributed by atoms with E-state index in [-0.39, 0.29) is 17.9 Å². The Morgan fingerprint density at radius 3 is 2.53 bits per heavy atom. The molecule has 2 aliphatic rings. The van der Waals surface area contributed by atoms with Gasteiger partial charge in [0.15, 0.2) is 0 Å². The van der Waals surface area contributed by atoms with Crippen LogP contribution in [-0.2, 0) is 20.5 Å². The lowest BCUT2D eigenvalue weighted by atomic mass is 10.0. The molecule has 1 aromatic carbocycles. The largest absolute Gasteiger partial charge is 0.473 e. The minimum atomic E-state index is -3.38. The fraction of sp³-hybridized carbons (Fsp3) is 0.333. The molecule has 0 bridgehead atoms. The van der Waals surface area contributed by atoms with Gasteiger partial charge in [-0.1, -0.05) is 30.3 Å². The Kier molecular flexibility index (Phi) is 8.06. The van der Waals surface area contributed by atoms with Gasteiger partial charge in [0.2, 0.25) is 15.9 Å². The van der Waals surface area contributed by atoms with E-state index < -0.39 is 10.0 Å². The number of rotatable bonds is 8. The molecule has 4 aromatic heterocycles. The van der Waals surface area contributed by atoms with Crippen LogP contribution < -0.4 is 4.74 Å². The molecule has 0 spiro atoms. The molecular formula is C33H33N7O4S. The zero-order valence-corrected chi connectivity index (χ0v) is 25.5. The number of pyridine rings is 2. The van der Waals surface area contributed by atoms with Crippen molar-refractivity contribution in [1.82, 2.24) is 29.0 Å². The van der Waals surface area contributed by atoms with E-state index in [9.17, 15) is 13.7 Å². The molecule has 7 rings (SSSR count). The van der Waals surface area contributed by atoms with Crippen LogP contribution in [0.1, 0.15) is 42.9 Å². The van der Waals surface area contributed by atoms with Gasteiger partial charge >= 0.3 is 0 Å². The number of fused-ring (bicyclic) bond motifs is 1. The van der Waals surface area contributed by atoms with E-state index >= 15 is 0 Å². The number of hydrogen-bond acceptors (Lipinski definition) is 8. The molecule has 0 aliphatic carbocycles. The van der Waals surface area contributed by atoms with Gasteiger partial charge in [-0.3, -0.25) is 4.68 Å². The van der Waals surface area contributed by atoms with Crippen molar-refractivity contribution in [3.8, 4) is 34.2 Å². The van der Waals surface area contributed by atoms with Gasteiger partial charge in [0.05, 0.1) is 31.2 Å². The van der Waals surface area contributed by atoms with Gasteiger partial charge in [-0.05, 0) is 30.5 Å². The summed E-state index contributed by atoms with van der Waals surface area (Å²) in [5.74, 6) is 0.363. The molecule has 12 heteroatoms. The highest BCUT2D eigenvalue weighted by atomic mass is 32.2. The van der Waals surface area contributed by atoms with Crippen LogP contribution in [0.5, 0.6) is 5.88 Å². The number of nitrogens with zero attached hydrogens (tertiary/aromatic N) is 6. The standard InChI is InChI=1S/C33H33N7O4S/c34-16-24-14-26(18-37-33(24)44-29-8-12-43-13-9-29)31-20-36-32-30(31)15-25(17-35-32)27-19-38-40(21-27)28-6-10-39(11-7-28)45(41,42)22-23-4-2-1-3-5-23/h1-5,14-15,17-21,28-29H,6-13,22H2,(H,35,36). The first-order valence-electron chi connectivity index (χ1n) is 15.2. The summed E-state index contributed by atoms with van der Waals surface area (Å²) in [6.07, 6.45) is 12.2. The van der Waals surface area contributed by atoms with Gasteiger partial charge in [0.1, 0.15) is 23.4 Å². The number of aromatic nitrogens is 5. The maximum Gasteiger partial charge on any atom is 0.231 e. The Hall–Kier alpha value is -4.57. The number of ether oxygens (including phenoxy) is 2. The maximum atomic E-state index is 13.0. The number of H-pyrrole nitrogens is 1. The van der Waals surface area contributed by atoms with Crippen LogP contribution in [0, 0.1) is 11.3 Å². The van der Waals surface area contributed by atoms with E-state index in [1.807, 2.05) is 59.8 Å². The molecule has 0 saturated carbocycles. The van der Waals surface area contributed by atoms with Crippen molar-refractivity contribution in [2.24, 2.45) is 0 Å². The van der Waals surface area contributed by atoms with Crippen LogP contribution in [0.3, 0.4) is 0 Å². The van der Waals surface area contributed by atoms with Crippen LogP contribution in [0.4, 0.5) is 0 Å². The second-order valence-corrected chi connectivity index (χ2v) is 13.5. The van der Waals surface area contributed by atoms with Crippen molar-refractivity contribution < 1.29 is 17.9 Å². The Balaban J connectivity index is 1.06. The number of aromatic amines is 1. The molecule has 230 valence electrons. The van der Waals surface area contributed by atoms with Crippen molar-refractivity contribution >= 4 is 21.1 Å². The number of nitriles is 1. The summed E-state index contributed by atoms with van der Waals surface area (Å²) in [6.45, 7) is 2.22. The van der Waals surface area contributed by atoms with E-state index in [4.69, 9.17) is 9.47 Å². The SMILES string of the molecule is N#Cc1cc(-c2c[nH]c3ncc(-c4cnn(C5CCN(S(=O)(=O)Cc6ccccc6)CC5)c4)cc23)cnc1OC1CCOCC1. The van der Waals surface area contributed by atoms with Gasteiger partial charge in [0.25, 0.3) is 0 Å². The van der Waals surface area contributed by atoms with Crippen LogP contribution in [0.25, 0.3) is 33.3 Å². The van der Waals surface area contributed by atoms with Gasteiger partial charge in [-0.25, -0.2) is 22.7 Å². The summed E-state index contributed by atoms with van der Waals surface area (Å²) in [5.41, 5.74) is 5.42. The monoisotopic (exact) mass is 623 g/mol. The Labute approximate surface area is 261 Å². The quantitative estimate of drug-likeness (QED) is 0.252. The summed E-state index contributed by atoms with van der Waals surface area (Å²) in [4.78, 5) is 12.4. The molecular weight excluding hydrogens is 590 g/mol. The minimum Gasteiger partial charge on any atom is -0.473 e. The lowest BCUT2D eigenvalue weighted by Gasteiger charge is -2.31. The summed E-state index contributed by atoms with van der Waals surface area (Å²) in [7, 11) is -3.38. The van der Waals surface area contributed by atoms with Gasteiger partial charge in [-0.15, -0.1) is 0 Å². The Bertz CT molecular complexity index is 1950. The van der Waals surface area contributed by atoms with Crippen molar-refractivity contribution in [3.05, 3.63) is 84.6 Å². The summed E-state index contributed by atoms with van der Waals surface area (Å²) in [6, 6.07) is 15.5. The first-order valence-corrected chi connectivity index (χ1v) is 16.8. The van der Waals surface area contributed by atoms with Gasteiger partial charge in [-0.2, -0.15) is 10.4 Å². The zero-order chi connectivity index (χ0) is 30.8. The maximum absolute atomic E-state index is 13.0. The van der Waals surface area contributed by atoms with Crippen LogP contribution in [0.2, 0.25) is 0 Å². The molecule has 2 saturated heterocycles.